The highest BCUT2D eigenvalue weighted by Gasteiger charge is 2.22. The van der Waals surface area contributed by atoms with E-state index in [1.807, 2.05) is 0 Å². The molecule has 0 bridgehead atoms. The molecule has 2 heteroatoms. The maximum atomic E-state index is 4.51. The van der Waals surface area contributed by atoms with E-state index in [4.69, 9.17) is 0 Å². The van der Waals surface area contributed by atoms with Crippen LogP contribution in [0, 0.1) is 0 Å². The second-order valence-electron chi connectivity index (χ2n) is 3.15. The SMILES string of the molecule is CC1=CC=CN2CC(C)N=C12. The first-order valence-electron chi connectivity index (χ1n) is 3.97. The second-order valence-corrected chi connectivity index (χ2v) is 3.15. The predicted molar refractivity (Wildman–Crippen MR) is 46.5 cm³/mol. The number of rotatable bonds is 0. The summed E-state index contributed by atoms with van der Waals surface area (Å²) < 4.78 is 0. The fourth-order valence-corrected chi connectivity index (χ4v) is 1.52. The Morgan fingerprint density at radius 1 is 1.64 bits per heavy atom. The first-order chi connectivity index (χ1) is 5.27. The number of hydrogen-bond donors (Lipinski definition) is 0. The van der Waals surface area contributed by atoms with Crippen LogP contribution >= 0.6 is 0 Å². The third-order valence-electron chi connectivity index (χ3n) is 2.04. The van der Waals surface area contributed by atoms with Gasteiger partial charge in [-0.05, 0) is 25.5 Å². The molecule has 2 heterocycles. The van der Waals surface area contributed by atoms with Crippen molar-refractivity contribution >= 4 is 5.84 Å². The van der Waals surface area contributed by atoms with E-state index in [9.17, 15) is 0 Å². The van der Waals surface area contributed by atoms with Crippen molar-refractivity contribution in [2.24, 2.45) is 4.99 Å². The third kappa shape index (κ3) is 0.985. The van der Waals surface area contributed by atoms with E-state index < -0.39 is 0 Å². The second kappa shape index (κ2) is 2.22. The molecular weight excluding hydrogens is 136 g/mol. The normalized spacial score (nSPS) is 28.2. The zero-order valence-corrected chi connectivity index (χ0v) is 6.91. The Bertz CT molecular complexity index is 261. The van der Waals surface area contributed by atoms with Gasteiger partial charge in [-0.1, -0.05) is 6.08 Å². The van der Waals surface area contributed by atoms with Crippen molar-refractivity contribution in [3.63, 3.8) is 0 Å². The summed E-state index contributed by atoms with van der Waals surface area (Å²) in [6.45, 7) is 5.29. The highest BCUT2D eigenvalue weighted by molar-refractivity contribution is 6.00. The van der Waals surface area contributed by atoms with Gasteiger partial charge in [-0.3, -0.25) is 4.99 Å². The molecular formula is C9H12N2. The fourth-order valence-electron chi connectivity index (χ4n) is 1.52. The van der Waals surface area contributed by atoms with E-state index in [-0.39, 0.29) is 0 Å². The molecule has 11 heavy (non-hydrogen) atoms. The monoisotopic (exact) mass is 148 g/mol. The fraction of sp³-hybridized carbons (Fsp3) is 0.444. The minimum atomic E-state index is 0.455. The van der Waals surface area contributed by atoms with Gasteiger partial charge in [0.25, 0.3) is 0 Å². The zero-order chi connectivity index (χ0) is 7.84. The number of fused-ring (bicyclic) bond motifs is 1. The average Bonchev–Trinajstić information content (AvgIpc) is 2.31. The number of allylic oxidation sites excluding steroid dienone is 2. The molecule has 2 aliphatic rings. The summed E-state index contributed by atoms with van der Waals surface area (Å²) in [5.74, 6) is 1.15. The molecule has 0 fully saturated rings. The molecule has 2 rings (SSSR count). The Morgan fingerprint density at radius 2 is 2.45 bits per heavy atom. The van der Waals surface area contributed by atoms with Gasteiger partial charge in [0.1, 0.15) is 5.84 Å². The summed E-state index contributed by atoms with van der Waals surface area (Å²) >= 11 is 0. The van der Waals surface area contributed by atoms with E-state index in [1.54, 1.807) is 0 Å². The first kappa shape index (κ1) is 6.65. The van der Waals surface area contributed by atoms with E-state index >= 15 is 0 Å². The van der Waals surface area contributed by atoms with E-state index in [2.05, 4.69) is 42.1 Å². The van der Waals surface area contributed by atoms with Crippen molar-refractivity contribution in [1.82, 2.24) is 4.90 Å². The molecule has 0 radical (unpaired) electrons. The molecule has 2 nitrogen and oxygen atoms in total. The van der Waals surface area contributed by atoms with Crippen molar-refractivity contribution < 1.29 is 0 Å². The van der Waals surface area contributed by atoms with Crippen LogP contribution in [0.1, 0.15) is 13.8 Å². The van der Waals surface area contributed by atoms with Gasteiger partial charge in [0.15, 0.2) is 0 Å². The average molecular weight is 148 g/mol. The molecule has 0 aliphatic carbocycles. The van der Waals surface area contributed by atoms with Gasteiger partial charge in [-0.25, -0.2) is 0 Å². The summed E-state index contributed by atoms with van der Waals surface area (Å²) in [5.41, 5.74) is 1.27. The molecule has 0 saturated heterocycles. The Kier molecular flexibility index (Phi) is 1.34. The lowest BCUT2D eigenvalue weighted by molar-refractivity contribution is 0.555. The molecule has 0 aromatic carbocycles. The first-order valence-corrected chi connectivity index (χ1v) is 3.97. The van der Waals surface area contributed by atoms with Crippen LogP contribution in [-0.2, 0) is 0 Å². The van der Waals surface area contributed by atoms with Gasteiger partial charge in [-0.15, -0.1) is 0 Å². The van der Waals surface area contributed by atoms with Gasteiger partial charge in [-0.2, -0.15) is 0 Å². The van der Waals surface area contributed by atoms with Crippen LogP contribution in [0.25, 0.3) is 0 Å². The third-order valence-corrected chi connectivity index (χ3v) is 2.04. The zero-order valence-electron chi connectivity index (χ0n) is 6.91. The Hall–Kier alpha value is -1.05. The van der Waals surface area contributed by atoms with Crippen LogP contribution in [0.3, 0.4) is 0 Å². The highest BCUT2D eigenvalue weighted by atomic mass is 15.2. The Labute approximate surface area is 66.9 Å². The smallest absolute Gasteiger partial charge is 0.130 e. The van der Waals surface area contributed by atoms with Crippen molar-refractivity contribution in [2.75, 3.05) is 6.54 Å². The molecule has 2 aliphatic heterocycles. The maximum absolute atomic E-state index is 4.51. The van der Waals surface area contributed by atoms with Gasteiger partial charge < -0.3 is 4.90 Å². The van der Waals surface area contributed by atoms with Crippen LogP contribution in [0.4, 0.5) is 0 Å². The van der Waals surface area contributed by atoms with Crippen LogP contribution in [0.2, 0.25) is 0 Å². The molecule has 0 N–H and O–H groups in total. The predicted octanol–water partition coefficient (Wildman–Crippen LogP) is 1.56. The summed E-state index contributed by atoms with van der Waals surface area (Å²) in [5, 5.41) is 0. The lowest BCUT2D eigenvalue weighted by Gasteiger charge is -2.18. The van der Waals surface area contributed by atoms with E-state index in [1.165, 1.54) is 5.57 Å². The minimum absolute atomic E-state index is 0.455. The van der Waals surface area contributed by atoms with Gasteiger partial charge >= 0.3 is 0 Å². The van der Waals surface area contributed by atoms with E-state index in [0.717, 1.165) is 12.4 Å². The lowest BCUT2D eigenvalue weighted by atomic mass is 10.2. The molecule has 1 unspecified atom stereocenters. The standard InChI is InChI=1S/C9H12N2/c1-7-4-3-5-11-6-8(2)10-9(7)11/h3-5,8H,6H2,1-2H3. The summed E-state index contributed by atoms with van der Waals surface area (Å²) in [4.78, 5) is 6.72. The molecule has 0 spiro atoms. The summed E-state index contributed by atoms with van der Waals surface area (Å²) in [7, 11) is 0. The topological polar surface area (TPSA) is 15.6 Å². The van der Waals surface area contributed by atoms with Crippen molar-refractivity contribution in [3.05, 3.63) is 23.9 Å². The molecule has 0 amide bonds. The highest BCUT2D eigenvalue weighted by Crippen LogP contribution is 2.17. The summed E-state index contributed by atoms with van der Waals surface area (Å²) in [6.07, 6.45) is 6.27. The number of amidine groups is 1. The molecule has 58 valence electrons. The van der Waals surface area contributed by atoms with Crippen molar-refractivity contribution in [2.45, 2.75) is 19.9 Å². The van der Waals surface area contributed by atoms with Crippen LogP contribution < -0.4 is 0 Å². The Balaban J connectivity index is 2.35. The molecule has 0 aromatic heterocycles. The number of nitrogens with zero attached hydrogens (tertiary/aromatic N) is 2. The van der Waals surface area contributed by atoms with Gasteiger partial charge in [0.2, 0.25) is 0 Å². The van der Waals surface area contributed by atoms with Crippen molar-refractivity contribution in [3.8, 4) is 0 Å². The summed E-state index contributed by atoms with van der Waals surface area (Å²) in [6, 6.07) is 0.455. The Morgan fingerprint density at radius 3 is 3.18 bits per heavy atom. The molecule has 0 saturated carbocycles. The molecule has 1 atom stereocenters. The van der Waals surface area contributed by atoms with Crippen LogP contribution in [0.5, 0.6) is 0 Å². The maximum Gasteiger partial charge on any atom is 0.130 e. The van der Waals surface area contributed by atoms with Crippen LogP contribution in [0.15, 0.2) is 28.9 Å². The lowest BCUT2D eigenvalue weighted by Crippen LogP contribution is -2.25. The van der Waals surface area contributed by atoms with Crippen molar-refractivity contribution in [1.29, 1.82) is 0 Å². The minimum Gasteiger partial charge on any atom is -0.331 e. The number of hydrogen-bond acceptors (Lipinski definition) is 2. The molecule has 0 aromatic rings. The quantitative estimate of drug-likeness (QED) is 0.509. The van der Waals surface area contributed by atoms with Crippen LogP contribution in [-0.4, -0.2) is 23.3 Å². The van der Waals surface area contributed by atoms with E-state index in [0.29, 0.717) is 6.04 Å². The number of aliphatic imine (C=N–C) groups is 1. The van der Waals surface area contributed by atoms with Gasteiger partial charge in [0.05, 0.1) is 6.04 Å². The largest absolute Gasteiger partial charge is 0.331 e. The van der Waals surface area contributed by atoms with Gasteiger partial charge in [0, 0.05) is 12.7 Å².